The Morgan fingerprint density at radius 3 is 2.27 bits per heavy atom. The minimum atomic E-state index is -0.0236. The normalized spacial score (nSPS) is 12.0. The third-order valence-corrected chi connectivity index (χ3v) is 4.19. The van der Waals surface area contributed by atoms with Crippen LogP contribution >= 0.6 is 0 Å². The van der Waals surface area contributed by atoms with Crippen molar-refractivity contribution < 1.29 is 4.42 Å². The van der Waals surface area contributed by atoms with Gasteiger partial charge in [-0.05, 0) is 17.7 Å². The number of hydrogen-bond donors (Lipinski definition) is 1. The first-order valence-corrected chi connectivity index (χ1v) is 8.59. The number of rotatable bonds is 6. The van der Waals surface area contributed by atoms with E-state index >= 15 is 0 Å². The van der Waals surface area contributed by atoms with Crippen LogP contribution in [0.4, 0.5) is 0 Å². The predicted octanol–water partition coefficient (Wildman–Crippen LogP) is 4.62. The maximum atomic E-state index is 5.90. The van der Waals surface area contributed by atoms with Crippen LogP contribution < -0.4 is 5.32 Å². The lowest BCUT2D eigenvalue weighted by Crippen LogP contribution is -2.23. The molecule has 1 N–H and O–H groups in total. The number of nitrogens with one attached hydrogen (secondary N) is 1. The highest BCUT2D eigenvalue weighted by Crippen LogP contribution is 2.22. The van der Waals surface area contributed by atoms with E-state index in [0.717, 1.165) is 22.6 Å². The molecule has 0 aliphatic carbocycles. The number of benzene rings is 2. The number of pyridine rings is 1. The van der Waals surface area contributed by atoms with E-state index in [2.05, 4.69) is 27.4 Å². The van der Waals surface area contributed by atoms with Crippen molar-refractivity contribution in [1.29, 1.82) is 0 Å². The van der Waals surface area contributed by atoms with Crippen LogP contribution in [-0.2, 0) is 6.54 Å². The monoisotopic (exact) mass is 341 g/mol. The second kappa shape index (κ2) is 7.76. The summed E-state index contributed by atoms with van der Waals surface area (Å²) in [4.78, 5) is 8.91. The zero-order valence-corrected chi connectivity index (χ0v) is 14.2. The molecule has 2 heterocycles. The molecule has 4 nitrogen and oxygen atoms in total. The molecule has 0 saturated carbocycles. The summed E-state index contributed by atoms with van der Waals surface area (Å²) in [7, 11) is 0. The molecule has 4 rings (SSSR count). The molecule has 26 heavy (non-hydrogen) atoms. The summed E-state index contributed by atoms with van der Waals surface area (Å²) < 4.78 is 5.90. The molecule has 0 aliphatic rings. The van der Waals surface area contributed by atoms with Gasteiger partial charge in [-0.15, -0.1) is 0 Å². The Morgan fingerprint density at radius 1 is 0.808 bits per heavy atom. The molecular weight excluding hydrogens is 322 g/mol. The molecule has 0 aliphatic heterocycles. The van der Waals surface area contributed by atoms with Gasteiger partial charge in [0.25, 0.3) is 0 Å². The smallest absolute Gasteiger partial charge is 0.208 e. The maximum absolute atomic E-state index is 5.90. The molecule has 0 fully saturated rings. The van der Waals surface area contributed by atoms with Crippen LogP contribution in [0.2, 0.25) is 0 Å². The van der Waals surface area contributed by atoms with Crippen LogP contribution in [0.3, 0.4) is 0 Å². The Kier molecular flexibility index (Phi) is 4.85. The third kappa shape index (κ3) is 3.71. The molecule has 0 bridgehead atoms. The molecule has 4 heteroatoms. The van der Waals surface area contributed by atoms with Crippen molar-refractivity contribution in [3.8, 4) is 11.3 Å². The molecule has 1 atom stereocenters. The fourth-order valence-corrected chi connectivity index (χ4v) is 2.90. The Labute approximate surface area is 152 Å². The summed E-state index contributed by atoms with van der Waals surface area (Å²) in [5.41, 5.74) is 3.14. The van der Waals surface area contributed by atoms with Crippen molar-refractivity contribution in [3.63, 3.8) is 0 Å². The summed E-state index contributed by atoms with van der Waals surface area (Å²) in [6.45, 7) is 0.517. The van der Waals surface area contributed by atoms with E-state index in [9.17, 15) is 0 Å². The van der Waals surface area contributed by atoms with Gasteiger partial charge in [-0.1, -0.05) is 66.7 Å². The van der Waals surface area contributed by atoms with E-state index in [1.807, 2.05) is 72.9 Å². The molecule has 1 unspecified atom stereocenters. The predicted molar refractivity (Wildman–Crippen MR) is 101 cm³/mol. The summed E-state index contributed by atoms with van der Waals surface area (Å²) in [5, 5.41) is 3.51. The highest BCUT2D eigenvalue weighted by atomic mass is 16.4. The summed E-state index contributed by atoms with van der Waals surface area (Å²) >= 11 is 0. The van der Waals surface area contributed by atoms with Gasteiger partial charge in [0.15, 0.2) is 5.76 Å². The quantitative estimate of drug-likeness (QED) is 0.556. The second-order valence-electron chi connectivity index (χ2n) is 5.96. The van der Waals surface area contributed by atoms with E-state index < -0.39 is 0 Å². The van der Waals surface area contributed by atoms with E-state index in [0.29, 0.717) is 12.4 Å². The zero-order chi connectivity index (χ0) is 17.6. The van der Waals surface area contributed by atoms with E-state index in [1.165, 1.54) is 0 Å². The largest absolute Gasteiger partial charge is 0.439 e. The summed E-state index contributed by atoms with van der Waals surface area (Å²) in [6.07, 6.45) is 3.58. The second-order valence-corrected chi connectivity index (χ2v) is 5.96. The highest BCUT2D eigenvalue weighted by molar-refractivity contribution is 5.55. The SMILES string of the molecule is c1ccc(-c2cnc(CNC(c3ccccc3)c3ccccn3)o2)cc1. The van der Waals surface area contributed by atoms with Gasteiger partial charge in [-0.3, -0.25) is 10.3 Å². The lowest BCUT2D eigenvalue weighted by atomic mass is 10.0. The van der Waals surface area contributed by atoms with Crippen molar-refractivity contribution in [1.82, 2.24) is 15.3 Å². The molecule has 4 aromatic rings. The third-order valence-electron chi connectivity index (χ3n) is 4.19. The standard InChI is InChI=1S/C22H19N3O/c1-3-9-17(10-4-1)20-15-24-21(26-20)16-25-22(18-11-5-2-6-12-18)19-13-7-8-14-23-19/h1-15,22,25H,16H2. The minimum absolute atomic E-state index is 0.0236. The molecule has 0 saturated heterocycles. The maximum Gasteiger partial charge on any atom is 0.208 e. The Morgan fingerprint density at radius 2 is 1.54 bits per heavy atom. The van der Waals surface area contributed by atoms with E-state index in [-0.39, 0.29) is 6.04 Å². The van der Waals surface area contributed by atoms with Crippen LogP contribution in [0.25, 0.3) is 11.3 Å². The van der Waals surface area contributed by atoms with Gasteiger partial charge in [0.2, 0.25) is 5.89 Å². The lowest BCUT2D eigenvalue weighted by Gasteiger charge is -2.18. The molecule has 0 radical (unpaired) electrons. The number of aromatic nitrogens is 2. The van der Waals surface area contributed by atoms with Crippen LogP contribution in [0, 0.1) is 0 Å². The topological polar surface area (TPSA) is 51.0 Å². The van der Waals surface area contributed by atoms with Gasteiger partial charge in [0.05, 0.1) is 24.5 Å². The van der Waals surface area contributed by atoms with Crippen molar-refractivity contribution >= 4 is 0 Å². The number of nitrogens with zero attached hydrogens (tertiary/aromatic N) is 2. The molecule has 0 amide bonds. The van der Waals surface area contributed by atoms with Crippen molar-refractivity contribution in [2.24, 2.45) is 0 Å². The van der Waals surface area contributed by atoms with Gasteiger partial charge < -0.3 is 4.42 Å². The first kappa shape index (κ1) is 16.2. The number of oxazole rings is 1. The van der Waals surface area contributed by atoms with Crippen LogP contribution in [0.1, 0.15) is 23.2 Å². The Hall–Kier alpha value is -3.24. The van der Waals surface area contributed by atoms with Gasteiger partial charge in [0.1, 0.15) is 0 Å². The highest BCUT2D eigenvalue weighted by Gasteiger charge is 2.16. The molecule has 2 aromatic carbocycles. The first-order chi connectivity index (χ1) is 12.9. The van der Waals surface area contributed by atoms with Crippen LogP contribution in [0.5, 0.6) is 0 Å². The van der Waals surface area contributed by atoms with Crippen molar-refractivity contribution in [2.75, 3.05) is 0 Å². The average molecular weight is 341 g/mol. The first-order valence-electron chi connectivity index (χ1n) is 8.59. The Balaban J connectivity index is 1.53. The fourth-order valence-electron chi connectivity index (χ4n) is 2.90. The van der Waals surface area contributed by atoms with Crippen LogP contribution in [0.15, 0.2) is 95.7 Å². The molecule has 2 aromatic heterocycles. The van der Waals surface area contributed by atoms with E-state index in [1.54, 1.807) is 6.20 Å². The van der Waals surface area contributed by atoms with Gasteiger partial charge in [-0.25, -0.2) is 4.98 Å². The van der Waals surface area contributed by atoms with E-state index in [4.69, 9.17) is 4.42 Å². The lowest BCUT2D eigenvalue weighted by molar-refractivity contribution is 0.460. The fraction of sp³-hybridized carbons (Fsp3) is 0.0909. The van der Waals surface area contributed by atoms with Gasteiger partial charge >= 0.3 is 0 Å². The summed E-state index contributed by atoms with van der Waals surface area (Å²) in [6, 6.07) is 26.2. The number of hydrogen-bond acceptors (Lipinski definition) is 4. The molecule has 128 valence electrons. The van der Waals surface area contributed by atoms with Crippen molar-refractivity contribution in [2.45, 2.75) is 12.6 Å². The van der Waals surface area contributed by atoms with Gasteiger partial charge in [0, 0.05) is 11.8 Å². The molecular formula is C22H19N3O. The average Bonchev–Trinajstić information content (AvgIpc) is 3.20. The molecule has 0 spiro atoms. The zero-order valence-electron chi connectivity index (χ0n) is 14.2. The van der Waals surface area contributed by atoms with Crippen molar-refractivity contribution in [3.05, 3.63) is 108 Å². The van der Waals surface area contributed by atoms with Gasteiger partial charge in [-0.2, -0.15) is 0 Å². The minimum Gasteiger partial charge on any atom is -0.439 e. The summed E-state index contributed by atoms with van der Waals surface area (Å²) in [5.74, 6) is 1.43. The van der Waals surface area contributed by atoms with Crippen LogP contribution in [-0.4, -0.2) is 9.97 Å². The Bertz CT molecular complexity index is 897.